The fraction of sp³-hybridized carbons (Fsp3) is 0.500. The Morgan fingerprint density at radius 2 is 2.28 bits per heavy atom. The van der Waals surface area contributed by atoms with Gasteiger partial charge in [0.25, 0.3) is 0 Å². The highest BCUT2D eigenvalue weighted by Gasteiger charge is 2.34. The molecule has 3 rings (SSSR count). The molecule has 0 aromatic heterocycles. The van der Waals surface area contributed by atoms with Crippen LogP contribution >= 0.6 is 0 Å². The van der Waals surface area contributed by atoms with Crippen LogP contribution in [0.4, 0.5) is 5.69 Å². The molecule has 1 amide bonds. The van der Waals surface area contributed by atoms with E-state index >= 15 is 0 Å². The van der Waals surface area contributed by atoms with Gasteiger partial charge in [0, 0.05) is 30.0 Å². The van der Waals surface area contributed by atoms with E-state index in [0.29, 0.717) is 18.9 Å². The highest BCUT2D eigenvalue weighted by Crippen LogP contribution is 2.46. The van der Waals surface area contributed by atoms with Crippen molar-refractivity contribution in [3.8, 4) is 5.75 Å². The third-order valence-electron chi connectivity index (χ3n) is 4.02. The number of nitrogens with two attached hydrogens (primary N) is 1. The second-order valence-electron chi connectivity index (χ2n) is 5.19. The molecule has 1 aromatic rings. The van der Waals surface area contributed by atoms with E-state index in [0.717, 1.165) is 29.0 Å². The molecule has 0 saturated carbocycles. The van der Waals surface area contributed by atoms with Gasteiger partial charge < -0.3 is 15.8 Å². The first-order valence-corrected chi connectivity index (χ1v) is 6.44. The van der Waals surface area contributed by atoms with Crippen LogP contribution in [0, 0.1) is 6.92 Å². The van der Waals surface area contributed by atoms with Crippen LogP contribution in [0.5, 0.6) is 5.75 Å². The number of amides is 1. The largest absolute Gasteiger partial charge is 0.488 e. The second-order valence-corrected chi connectivity index (χ2v) is 5.19. The quantitative estimate of drug-likeness (QED) is 0.792. The molecule has 2 heterocycles. The van der Waals surface area contributed by atoms with Gasteiger partial charge in [0.2, 0.25) is 5.91 Å². The molecule has 4 heteroatoms. The zero-order valence-corrected chi connectivity index (χ0v) is 10.7. The molecule has 96 valence electrons. The van der Waals surface area contributed by atoms with E-state index in [-0.39, 0.29) is 12.0 Å². The zero-order valence-electron chi connectivity index (χ0n) is 10.7. The number of benzene rings is 1. The van der Waals surface area contributed by atoms with Crippen LogP contribution in [0.25, 0.3) is 0 Å². The van der Waals surface area contributed by atoms with Crippen LogP contribution in [0.3, 0.4) is 0 Å². The lowest BCUT2D eigenvalue weighted by Gasteiger charge is -2.21. The number of carbonyl (C=O) groups is 1. The van der Waals surface area contributed by atoms with Crippen molar-refractivity contribution in [2.75, 3.05) is 11.9 Å². The number of hydrogen-bond donors (Lipinski definition) is 2. The topological polar surface area (TPSA) is 64.3 Å². The van der Waals surface area contributed by atoms with Crippen LogP contribution in [0.1, 0.15) is 36.0 Å². The molecule has 0 fully saturated rings. The van der Waals surface area contributed by atoms with Crippen molar-refractivity contribution in [3.05, 3.63) is 22.8 Å². The smallest absolute Gasteiger partial charge is 0.224 e. The molecule has 0 radical (unpaired) electrons. The molecule has 0 saturated heterocycles. The average Bonchev–Trinajstić information content (AvgIpc) is 2.67. The molecular formula is C14H18N2O2. The lowest BCUT2D eigenvalue weighted by atomic mass is 9.90. The number of fused-ring (bicyclic) bond motifs is 3. The summed E-state index contributed by atoms with van der Waals surface area (Å²) in [7, 11) is 0. The molecule has 4 nitrogen and oxygen atoms in total. The monoisotopic (exact) mass is 246 g/mol. The minimum absolute atomic E-state index is 0.0588. The van der Waals surface area contributed by atoms with Crippen LogP contribution < -0.4 is 15.8 Å². The molecule has 2 atom stereocenters. The molecule has 18 heavy (non-hydrogen) atoms. The van der Waals surface area contributed by atoms with Crippen molar-refractivity contribution in [1.82, 2.24) is 0 Å². The molecular weight excluding hydrogens is 228 g/mol. The van der Waals surface area contributed by atoms with Gasteiger partial charge in [0.05, 0.1) is 5.69 Å². The van der Waals surface area contributed by atoms with Crippen LogP contribution in [0.15, 0.2) is 6.07 Å². The van der Waals surface area contributed by atoms with Crippen molar-refractivity contribution in [3.63, 3.8) is 0 Å². The summed E-state index contributed by atoms with van der Waals surface area (Å²) >= 11 is 0. The van der Waals surface area contributed by atoms with Crippen molar-refractivity contribution in [2.24, 2.45) is 5.73 Å². The minimum Gasteiger partial charge on any atom is -0.488 e. The van der Waals surface area contributed by atoms with Gasteiger partial charge in [-0.15, -0.1) is 0 Å². The number of ether oxygens (including phenoxy) is 1. The van der Waals surface area contributed by atoms with Gasteiger partial charge >= 0.3 is 0 Å². The molecule has 0 unspecified atom stereocenters. The Bertz CT molecular complexity index is 525. The molecule has 0 bridgehead atoms. The highest BCUT2D eigenvalue weighted by atomic mass is 16.5. The molecule has 2 aliphatic rings. The predicted octanol–water partition coefficient (Wildman–Crippen LogP) is 1.70. The highest BCUT2D eigenvalue weighted by molar-refractivity contribution is 5.95. The van der Waals surface area contributed by atoms with E-state index in [9.17, 15) is 4.79 Å². The van der Waals surface area contributed by atoms with Crippen LogP contribution in [0.2, 0.25) is 0 Å². The average molecular weight is 246 g/mol. The van der Waals surface area contributed by atoms with Gasteiger partial charge in [-0.1, -0.05) is 6.92 Å². The van der Waals surface area contributed by atoms with E-state index in [4.69, 9.17) is 10.5 Å². The van der Waals surface area contributed by atoms with Crippen LogP contribution in [-0.4, -0.2) is 18.6 Å². The lowest BCUT2D eigenvalue weighted by molar-refractivity contribution is -0.116. The van der Waals surface area contributed by atoms with E-state index in [1.165, 1.54) is 5.56 Å². The first kappa shape index (κ1) is 11.5. The fourth-order valence-electron chi connectivity index (χ4n) is 2.93. The van der Waals surface area contributed by atoms with E-state index < -0.39 is 0 Å². The van der Waals surface area contributed by atoms with Crippen molar-refractivity contribution in [2.45, 2.75) is 38.7 Å². The fourth-order valence-corrected chi connectivity index (χ4v) is 2.93. The SMILES string of the molecule is Cc1cc2c(c3c1NC(=O)CC3)O[C@@H](CN)[C@@H]2C. The third-order valence-corrected chi connectivity index (χ3v) is 4.02. The van der Waals surface area contributed by atoms with E-state index in [1.807, 2.05) is 6.92 Å². The second kappa shape index (κ2) is 3.99. The summed E-state index contributed by atoms with van der Waals surface area (Å²) in [6.07, 6.45) is 1.35. The van der Waals surface area contributed by atoms with Crippen molar-refractivity contribution >= 4 is 11.6 Å². The number of rotatable bonds is 1. The van der Waals surface area contributed by atoms with Gasteiger partial charge in [-0.05, 0) is 25.0 Å². The Balaban J connectivity index is 2.13. The summed E-state index contributed by atoms with van der Waals surface area (Å²) in [6, 6.07) is 2.13. The molecule has 2 aliphatic heterocycles. The summed E-state index contributed by atoms with van der Waals surface area (Å²) < 4.78 is 5.98. The Hall–Kier alpha value is -1.55. The number of hydrogen-bond acceptors (Lipinski definition) is 3. The summed E-state index contributed by atoms with van der Waals surface area (Å²) in [5.41, 5.74) is 10.2. The van der Waals surface area contributed by atoms with E-state index in [2.05, 4.69) is 18.3 Å². The third kappa shape index (κ3) is 1.52. The Labute approximate surface area is 107 Å². The van der Waals surface area contributed by atoms with Crippen molar-refractivity contribution in [1.29, 1.82) is 0 Å². The van der Waals surface area contributed by atoms with Gasteiger partial charge in [-0.2, -0.15) is 0 Å². The molecule has 0 aliphatic carbocycles. The summed E-state index contributed by atoms with van der Waals surface area (Å²) in [6.45, 7) is 4.71. The minimum atomic E-state index is 0.0588. The van der Waals surface area contributed by atoms with Gasteiger partial charge in [0.15, 0.2) is 0 Å². The summed E-state index contributed by atoms with van der Waals surface area (Å²) in [5.74, 6) is 1.37. The molecule has 0 spiro atoms. The lowest BCUT2D eigenvalue weighted by Crippen LogP contribution is -2.27. The summed E-state index contributed by atoms with van der Waals surface area (Å²) in [5, 5.41) is 2.96. The maximum atomic E-state index is 11.5. The maximum absolute atomic E-state index is 11.5. The first-order chi connectivity index (χ1) is 8.61. The molecule has 3 N–H and O–H groups in total. The van der Waals surface area contributed by atoms with Crippen molar-refractivity contribution < 1.29 is 9.53 Å². The number of carbonyl (C=O) groups excluding carboxylic acids is 1. The Kier molecular flexibility index (Phi) is 2.55. The Morgan fingerprint density at radius 1 is 1.50 bits per heavy atom. The summed E-state index contributed by atoms with van der Waals surface area (Å²) in [4.78, 5) is 11.5. The standard InChI is InChI=1S/C14H18N2O2/c1-7-5-10-8(2)11(6-15)18-14(10)9-3-4-12(17)16-13(7)9/h5,8,11H,3-4,6,15H2,1-2H3,(H,16,17)/t8-,11+/m1/s1. The van der Waals surface area contributed by atoms with Gasteiger partial charge in [-0.25, -0.2) is 0 Å². The maximum Gasteiger partial charge on any atom is 0.224 e. The van der Waals surface area contributed by atoms with E-state index in [1.54, 1.807) is 0 Å². The van der Waals surface area contributed by atoms with Gasteiger partial charge in [0.1, 0.15) is 11.9 Å². The normalized spacial score (nSPS) is 25.2. The first-order valence-electron chi connectivity index (χ1n) is 6.44. The number of nitrogens with one attached hydrogen (secondary N) is 1. The number of anilines is 1. The number of aryl methyl sites for hydroxylation is 1. The van der Waals surface area contributed by atoms with Crippen LogP contribution in [-0.2, 0) is 11.2 Å². The molecule has 1 aromatic carbocycles. The Morgan fingerprint density at radius 3 is 3.00 bits per heavy atom. The van der Waals surface area contributed by atoms with Gasteiger partial charge in [-0.3, -0.25) is 4.79 Å². The predicted molar refractivity (Wildman–Crippen MR) is 70.0 cm³/mol. The zero-order chi connectivity index (χ0) is 12.9.